The fourth-order valence-corrected chi connectivity index (χ4v) is 4.80. The normalized spacial score (nSPS) is 18.1. The number of hydrogen-bond acceptors (Lipinski definition) is 2. The van der Waals surface area contributed by atoms with Gasteiger partial charge in [-0.1, -0.05) is 24.3 Å². The molecule has 0 spiro atoms. The lowest BCUT2D eigenvalue weighted by Crippen LogP contribution is -2.30. The van der Waals surface area contributed by atoms with E-state index in [0.717, 1.165) is 22.8 Å². The Kier molecular flexibility index (Phi) is 5.27. The van der Waals surface area contributed by atoms with E-state index in [-0.39, 0.29) is 12.1 Å². The van der Waals surface area contributed by atoms with E-state index in [1.165, 1.54) is 16.7 Å². The summed E-state index contributed by atoms with van der Waals surface area (Å²) >= 11 is 5.87. The van der Waals surface area contributed by atoms with Gasteiger partial charge in [-0.05, 0) is 98.2 Å². The van der Waals surface area contributed by atoms with Crippen LogP contribution < -0.4 is 10.2 Å². The summed E-state index contributed by atoms with van der Waals surface area (Å²) in [5.41, 5.74) is 8.14. The van der Waals surface area contributed by atoms with Crippen LogP contribution in [0, 0.1) is 20.8 Å². The molecule has 1 fully saturated rings. The molecule has 0 unspecified atom stereocenters. The highest BCUT2D eigenvalue weighted by atomic mass is 32.1. The van der Waals surface area contributed by atoms with Gasteiger partial charge in [-0.25, -0.2) is 0 Å². The monoisotopic (exact) mass is 438 g/mol. The Balaban J connectivity index is 1.68. The van der Waals surface area contributed by atoms with Crippen molar-refractivity contribution in [1.82, 2.24) is 14.9 Å². The third-order valence-corrected chi connectivity index (χ3v) is 6.54. The maximum atomic E-state index is 5.87. The molecule has 0 amide bonds. The number of hydrogen-bond donors (Lipinski definition) is 1. The highest BCUT2D eigenvalue weighted by molar-refractivity contribution is 7.80. The van der Waals surface area contributed by atoms with Crippen molar-refractivity contribution in [2.24, 2.45) is 0 Å². The average molecular weight is 439 g/mol. The van der Waals surface area contributed by atoms with Crippen LogP contribution in [0.3, 0.4) is 0 Å². The van der Waals surface area contributed by atoms with Gasteiger partial charge in [0, 0.05) is 29.5 Å². The molecule has 5 heteroatoms. The van der Waals surface area contributed by atoms with Crippen molar-refractivity contribution in [3.8, 4) is 5.69 Å². The Labute approximate surface area is 194 Å². The summed E-state index contributed by atoms with van der Waals surface area (Å²) in [7, 11) is 0. The summed E-state index contributed by atoms with van der Waals surface area (Å²) in [6.07, 6.45) is 3.97. The van der Waals surface area contributed by atoms with Crippen molar-refractivity contribution in [3.05, 3.63) is 113 Å². The van der Waals surface area contributed by atoms with Crippen LogP contribution in [0.4, 0.5) is 5.69 Å². The summed E-state index contributed by atoms with van der Waals surface area (Å²) in [6, 6.07) is 25.3. The Bertz CT molecular complexity index is 1280. The number of aromatic nitrogens is 2. The molecule has 2 atom stereocenters. The van der Waals surface area contributed by atoms with Crippen LogP contribution in [0.15, 0.2) is 85.2 Å². The molecule has 4 aromatic rings. The van der Waals surface area contributed by atoms with Crippen LogP contribution in [0.25, 0.3) is 5.69 Å². The van der Waals surface area contributed by atoms with E-state index in [0.29, 0.717) is 5.11 Å². The first-order valence-corrected chi connectivity index (χ1v) is 11.3. The van der Waals surface area contributed by atoms with Crippen molar-refractivity contribution in [2.45, 2.75) is 32.9 Å². The second kappa shape index (κ2) is 8.24. The fourth-order valence-electron chi connectivity index (χ4n) is 4.46. The molecule has 2 aromatic heterocycles. The molecular weight excluding hydrogens is 412 g/mol. The molecule has 160 valence electrons. The number of rotatable bonds is 4. The molecule has 2 aromatic carbocycles. The van der Waals surface area contributed by atoms with Gasteiger partial charge < -0.3 is 14.8 Å². The van der Waals surface area contributed by atoms with Gasteiger partial charge in [0.15, 0.2) is 5.11 Å². The van der Waals surface area contributed by atoms with Crippen LogP contribution in [-0.4, -0.2) is 14.7 Å². The minimum atomic E-state index is -0.0654. The second-order valence-corrected chi connectivity index (χ2v) is 8.79. The van der Waals surface area contributed by atoms with Crippen molar-refractivity contribution < 1.29 is 0 Å². The third kappa shape index (κ3) is 3.59. The van der Waals surface area contributed by atoms with Crippen molar-refractivity contribution >= 4 is 23.0 Å². The van der Waals surface area contributed by atoms with Gasteiger partial charge >= 0.3 is 0 Å². The molecule has 1 aliphatic rings. The molecule has 0 radical (unpaired) electrons. The summed E-state index contributed by atoms with van der Waals surface area (Å²) in [5.74, 6) is 0. The average Bonchev–Trinajstić information content (AvgIpc) is 3.40. The zero-order chi connectivity index (χ0) is 22.2. The maximum Gasteiger partial charge on any atom is 0.174 e. The SMILES string of the molecule is Cc1cccc(N2C(=S)N[C@@H](c3ccccn3)[C@H]2c2cccn2-c2ccc(C)c(C)c2)c1. The highest BCUT2D eigenvalue weighted by Crippen LogP contribution is 2.42. The first-order chi connectivity index (χ1) is 15.5. The number of nitrogens with zero attached hydrogens (tertiary/aromatic N) is 3. The van der Waals surface area contributed by atoms with Crippen LogP contribution in [0.5, 0.6) is 0 Å². The molecule has 1 saturated heterocycles. The first-order valence-electron chi connectivity index (χ1n) is 10.8. The van der Waals surface area contributed by atoms with E-state index in [9.17, 15) is 0 Å². The van der Waals surface area contributed by atoms with Crippen molar-refractivity contribution in [1.29, 1.82) is 0 Å². The number of benzene rings is 2. The van der Waals surface area contributed by atoms with E-state index in [1.807, 2.05) is 18.3 Å². The van der Waals surface area contributed by atoms with Gasteiger partial charge in [0.25, 0.3) is 0 Å². The predicted molar refractivity (Wildman–Crippen MR) is 134 cm³/mol. The molecule has 0 aliphatic carbocycles. The lowest BCUT2D eigenvalue weighted by molar-refractivity contribution is 0.549. The molecule has 4 nitrogen and oxygen atoms in total. The smallest absolute Gasteiger partial charge is 0.174 e. The zero-order valence-electron chi connectivity index (χ0n) is 18.5. The topological polar surface area (TPSA) is 33.1 Å². The van der Waals surface area contributed by atoms with Crippen LogP contribution in [0.2, 0.25) is 0 Å². The number of pyridine rings is 1. The Morgan fingerprint density at radius 2 is 1.72 bits per heavy atom. The molecule has 32 heavy (non-hydrogen) atoms. The van der Waals surface area contributed by atoms with Crippen LogP contribution >= 0.6 is 12.2 Å². The molecular formula is C27H26N4S. The largest absolute Gasteiger partial charge is 0.351 e. The number of aryl methyl sites for hydroxylation is 3. The molecule has 1 aliphatic heterocycles. The van der Waals surface area contributed by atoms with Crippen molar-refractivity contribution in [2.75, 3.05) is 4.90 Å². The number of nitrogens with one attached hydrogen (secondary N) is 1. The summed E-state index contributed by atoms with van der Waals surface area (Å²) in [5, 5.41) is 4.27. The molecule has 1 N–H and O–H groups in total. The first kappa shape index (κ1) is 20.5. The highest BCUT2D eigenvalue weighted by Gasteiger charge is 2.42. The Hall–Kier alpha value is -3.44. The van der Waals surface area contributed by atoms with E-state index >= 15 is 0 Å². The zero-order valence-corrected chi connectivity index (χ0v) is 19.3. The summed E-state index contributed by atoms with van der Waals surface area (Å²) < 4.78 is 2.27. The van der Waals surface area contributed by atoms with E-state index in [2.05, 4.69) is 107 Å². The summed E-state index contributed by atoms with van der Waals surface area (Å²) in [6.45, 7) is 6.41. The third-order valence-electron chi connectivity index (χ3n) is 6.23. The quantitative estimate of drug-likeness (QED) is 0.398. The maximum absolute atomic E-state index is 5.87. The van der Waals surface area contributed by atoms with Gasteiger partial charge in [0.1, 0.15) is 6.04 Å². The van der Waals surface area contributed by atoms with Crippen molar-refractivity contribution in [3.63, 3.8) is 0 Å². The fraction of sp³-hybridized carbons (Fsp3) is 0.185. The number of thiocarbonyl (C=S) groups is 1. The standard InChI is InChI=1S/C27H26N4S/c1-18-8-6-9-22(16-18)31-26(25(29-27(31)32)23-10-4-5-14-28-23)24-11-7-15-30(24)21-13-12-19(2)20(3)17-21/h4-17,25-26H,1-3H3,(H,29,32)/t25-,26+/m0/s1. The second-order valence-electron chi connectivity index (χ2n) is 8.41. The minimum absolute atomic E-state index is 0.0455. The Morgan fingerprint density at radius 3 is 2.47 bits per heavy atom. The lowest BCUT2D eigenvalue weighted by Gasteiger charge is -2.29. The van der Waals surface area contributed by atoms with E-state index in [1.54, 1.807) is 0 Å². The van der Waals surface area contributed by atoms with Crippen LogP contribution in [-0.2, 0) is 0 Å². The molecule has 0 bridgehead atoms. The van der Waals surface area contributed by atoms with Gasteiger partial charge in [-0.15, -0.1) is 0 Å². The predicted octanol–water partition coefficient (Wildman–Crippen LogP) is 5.97. The lowest BCUT2D eigenvalue weighted by atomic mass is 10.00. The molecule has 0 saturated carbocycles. The molecule has 5 rings (SSSR count). The van der Waals surface area contributed by atoms with Gasteiger partial charge in [-0.3, -0.25) is 4.98 Å². The minimum Gasteiger partial charge on any atom is -0.351 e. The van der Waals surface area contributed by atoms with E-state index < -0.39 is 0 Å². The molecule has 3 heterocycles. The van der Waals surface area contributed by atoms with Crippen LogP contribution in [0.1, 0.15) is 40.2 Å². The van der Waals surface area contributed by atoms with Gasteiger partial charge in [-0.2, -0.15) is 0 Å². The van der Waals surface area contributed by atoms with Gasteiger partial charge in [0.2, 0.25) is 0 Å². The number of anilines is 1. The Morgan fingerprint density at radius 1 is 0.844 bits per heavy atom. The summed E-state index contributed by atoms with van der Waals surface area (Å²) in [4.78, 5) is 6.90. The van der Waals surface area contributed by atoms with E-state index in [4.69, 9.17) is 12.2 Å². The van der Waals surface area contributed by atoms with Gasteiger partial charge in [0.05, 0.1) is 11.7 Å².